The van der Waals surface area contributed by atoms with E-state index in [1.54, 1.807) is 9.80 Å². The van der Waals surface area contributed by atoms with Gasteiger partial charge in [0.05, 0.1) is 25.9 Å². The Morgan fingerprint density at radius 2 is 2.04 bits per heavy atom. The molecule has 5 nitrogen and oxygen atoms in total. The van der Waals surface area contributed by atoms with Crippen LogP contribution in [-0.2, 0) is 9.53 Å². The fraction of sp³-hybridized carbons (Fsp3) is 0.562. The zero-order chi connectivity index (χ0) is 16.4. The third-order valence-corrected chi connectivity index (χ3v) is 4.40. The predicted octanol–water partition coefficient (Wildman–Crippen LogP) is 0.931. The van der Waals surface area contributed by atoms with Crippen molar-refractivity contribution in [1.82, 2.24) is 9.80 Å². The first kappa shape index (κ1) is 16.3. The van der Waals surface area contributed by atoms with Gasteiger partial charge >= 0.3 is 0 Å². The second kappa shape index (κ2) is 6.90. The van der Waals surface area contributed by atoms with E-state index in [9.17, 15) is 18.7 Å². The zero-order valence-corrected chi connectivity index (χ0v) is 12.8. The van der Waals surface area contributed by atoms with Crippen LogP contribution in [0.4, 0.5) is 8.78 Å². The van der Waals surface area contributed by atoms with Crippen molar-refractivity contribution in [3.05, 3.63) is 35.4 Å². The zero-order valence-electron chi connectivity index (χ0n) is 12.8. The van der Waals surface area contributed by atoms with Gasteiger partial charge in [0.25, 0.3) is 0 Å². The molecule has 2 atom stereocenters. The van der Waals surface area contributed by atoms with E-state index in [2.05, 4.69) is 0 Å². The molecular weight excluding hydrogens is 306 g/mol. The fourth-order valence-electron chi connectivity index (χ4n) is 3.23. The largest absolute Gasteiger partial charge is 0.392 e. The van der Waals surface area contributed by atoms with Crippen LogP contribution >= 0.6 is 0 Å². The number of hydrogen-bond acceptors (Lipinski definition) is 4. The number of likely N-dealkylation sites (tertiary alicyclic amines) is 1. The third-order valence-electron chi connectivity index (χ3n) is 4.40. The first-order valence-electron chi connectivity index (χ1n) is 7.77. The lowest BCUT2D eigenvalue weighted by Gasteiger charge is -2.30. The van der Waals surface area contributed by atoms with Crippen LogP contribution in [0.5, 0.6) is 0 Å². The van der Waals surface area contributed by atoms with Crippen molar-refractivity contribution in [3.8, 4) is 0 Å². The number of hydrogen-bond donors (Lipinski definition) is 1. The molecule has 2 aliphatic rings. The number of nitrogens with zero attached hydrogens (tertiary/aromatic N) is 2. The Kier molecular flexibility index (Phi) is 4.89. The highest BCUT2D eigenvalue weighted by atomic mass is 19.1. The predicted molar refractivity (Wildman–Crippen MR) is 78.7 cm³/mol. The van der Waals surface area contributed by atoms with Gasteiger partial charge in [-0.3, -0.25) is 9.69 Å². The van der Waals surface area contributed by atoms with E-state index < -0.39 is 23.8 Å². The van der Waals surface area contributed by atoms with Gasteiger partial charge in [0.1, 0.15) is 11.6 Å². The molecule has 2 heterocycles. The fourth-order valence-corrected chi connectivity index (χ4v) is 3.23. The number of rotatable bonds is 3. The minimum absolute atomic E-state index is 0.0794. The summed E-state index contributed by atoms with van der Waals surface area (Å²) in [4.78, 5) is 15.8. The van der Waals surface area contributed by atoms with E-state index >= 15 is 0 Å². The van der Waals surface area contributed by atoms with Crippen molar-refractivity contribution >= 4 is 5.91 Å². The summed E-state index contributed by atoms with van der Waals surface area (Å²) in [6.45, 7) is 2.45. The van der Waals surface area contributed by atoms with E-state index in [-0.39, 0.29) is 31.0 Å². The molecule has 0 saturated carbocycles. The topological polar surface area (TPSA) is 53.0 Å². The van der Waals surface area contributed by atoms with Crippen LogP contribution in [0.2, 0.25) is 0 Å². The summed E-state index contributed by atoms with van der Waals surface area (Å²) in [6.07, 6.45) is -0.364. The maximum Gasteiger partial charge on any atom is 0.236 e. The number of benzene rings is 1. The first-order valence-corrected chi connectivity index (χ1v) is 7.77. The average molecular weight is 326 g/mol. The summed E-state index contributed by atoms with van der Waals surface area (Å²) in [7, 11) is 0. The number of amides is 1. The number of β-amino-alcohol motifs (C(OH)–C–C–N with tert-alkyl or cyclic N) is 1. The quantitative estimate of drug-likeness (QED) is 0.898. The van der Waals surface area contributed by atoms with Gasteiger partial charge in [0.2, 0.25) is 5.91 Å². The number of carbonyl (C=O) groups is 1. The molecule has 0 bridgehead atoms. The van der Waals surface area contributed by atoms with E-state index in [4.69, 9.17) is 4.74 Å². The van der Waals surface area contributed by atoms with Crippen molar-refractivity contribution in [3.63, 3.8) is 0 Å². The molecule has 0 radical (unpaired) electrons. The molecule has 1 aromatic rings. The Bertz CT molecular complexity index is 578. The van der Waals surface area contributed by atoms with Crippen LogP contribution < -0.4 is 0 Å². The summed E-state index contributed by atoms with van der Waals surface area (Å²) in [5, 5.41) is 9.91. The number of aliphatic hydroxyl groups is 1. The van der Waals surface area contributed by atoms with Crippen molar-refractivity contribution < 1.29 is 23.4 Å². The van der Waals surface area contributed by atoms with Gasteiger partial charge in [-0.15, -0.1) is 0 Å². The average Bonchev–Trinajstić information content (AvgIpc) is 2.91. The lowest BCUT2D eigenvalue weighted by atomic mass is 10.0. The molecule has 126 valence electrons. The second-order valence-corrected chi connectivity index (χ2v) is 5.99. The molecule has 7 heteroatoms. The lowest BCUT2D eigenvalue weighted by Crippen LogP contribution is -2.45. The molecule has 0 aliphatic carbocycles. The molecule has 2 aliphatic heterocycles. The molecule has 1 aromatic carbocycles. The molecule has 3 rings (SSSR count). The van der Waals surface area contributed by atoms with E-state index in [0.29, 0.717) is 26.3 Å². The maximum absolute atomic E-state index is 14.0. The number of carbonyl (C=O) groups excluding carboxylic acids is 1. The third kappa shape index (κ3) is 3.68. The van der Waals surface area contributed by atoms with Crippen LogP contribution in [0.15, 0.2) is 18.2 Å². The SMILES string of the molecule is O=C(CN1C[C@H](O)C[C@@H]1c1cc(F)ccc1F)N1CCOCC1. The minimum atomic E-state index is -0.653. The van der Waals surface area contributed by atoms with E-state index in [1.807, 2.05) is 0 Å². The van der Waals surface area contributed by atoms with Crippen LogP contribution in [-0.4, -0.2) is 66.3 Å². The Morgan fingerprint density at radius 1 is 1.30 bits per heavy atom. The highest BCUT2D eigenvalue weighted by molar-refractivity contribution is 5.78. The van der Waals surface area contributed by atoms with Crippen LogP contribution in [0.1, 0.15) is 18.0 Å². The molecule has 0 aromatic heterocycles. The normalized spacial score (nSPS) is 25.8. The highest BCUT2D eigenvalue weighted by Crippen LogP contribution is 2.33. The van der Waals surface area contributed by atoms with Crippen LogP contribution in [0.25, 0.3) is 0 Å². The summed E-state index contributed by atoms with van der Waals surface area (Å²) in [5.41, 5.74) is 0.191. The van der Waals surface area contributed by atoms with Gasteiger partial charge < -0.3 is 14.7 Å². The Balaban J connectivity index is 1.74. The van der Waals surface area contributed by atoms with Gasteiger partial charge in [0.15, 0.2) is 0 Å². The second-order valence-electron chi connectivity index (χ2n) is 5.99. The molecule has 2 fully saturated rings. The van der Waals surface area contributed by atoms with Crippen molar-refractivity contribution in [2.75, 3.05) is 39.4 Å². The number of ether oxygens (including phenoxy) is 1. The van der Waals surface area contributed by atoms with Crippen LogP contribution in [0, 0.1) is 11.6 Å². The summed E-state index contributed by atoms with van der Waals surface area (Å²) >= 11 is 0. The molecule has 2 saturated heterocycles. The number of aliphatic hydroxyl groups excluding tert-OH is 1. The Hall–Kier alpha value is -1.57. The van der Waals surface area contributed by atoms with Gasteiger partial charge in [-0.1, -0.05) is 0 Å². The first-order chi connectivity index (χ1) is 11.0. The molecule has 0 unspecified atom stereocenters. The maximum atomic E-state index is 14.0. The summed E-state index contributed by atoms with van der Waals surface area (Å²) < 4.78 is 32.7. The number of morpholine rings is 1. The summed E-state index contributed by atoms with van der Waals surface area (Å²) in [6, 6.07) is 2.79. The standard InChI is InChI=1S/C16H20F2N2O3/c17-11-1-2-14(18)13(7-11)15-8-12(21)9-20(15)10-16(22)19-3-5-23-6-4-19/h1-2,7,12,15,21H,3-6,8-10H2/t12-,15-/m1/s1. The van der Waals surface area contributed by atoms with E-state index in [0.717, 1.165) is 18.2 Å². The van der Waals surface area contributed by atoms with Crippen LogP contribution in [0.3, 0.4) is 0 Å². The lowest BCUT2D eigenvalue weighted by molar-refractivity contribution is -0.136. The summed E-state index contributed by atoms with van der Waals surface area (Å²) in [5.74, 6) is -1.12. The van der Waals surface area contributed by atoms with Gasteiger partial charge in [-0.2, -0.15) is 0 Å². The Morgan fingerprint density at radius 3 is 2.78 bits per heavy atom. The molecular formula is C16H20F2N2O3. The highest BCUT2D eigenvalue weighted by Gasteiger charge is 2.35. The van der Waals surface area contributed by atoms with Gasteiger partial charge in [0, 0.05) is 31.2 Å². The molecule has 1 N–H and O–H groups in total. The monoisotopic (exact) mass is 326 g/mol. The number of halogens is 2. The molecule has 0 spiro atoms. The smallest absolute Gasteiger partial charge is 0.236 e. The van der Waals surface area contributed by atoms with Crippen molar-refractivity contribution in [2.24, 2.45) is 0 Å². The van der Waals surface area contributed by atoms with E-state index in [1.165, 1.54) is 0 Å². The minimum Gasteiger partial charge on any atom is -0.392 e. The van der Waals surface area contributed by atoms with Gasteiger partial charge in [-0.05, 0) is 24.6 Å². The molecule has 23 heavy (non-hydrogen) atoms. The van der Waals surface area contributed by atoms with Crippen molar-refractivity contribution in [1.29, 1.82) is 0 Å². The Labute approximate surface area is 133 Å². The van der Waals surface area contributed by atoms with Gasteiger partial charge in [-0.25, -0.2) is 8.78 Å². The van der Waals surface area contributed by atoms with Crippen molar-refractivity contribution in [2.45, 2.75) is 18.6 Å². The molecule has 1 amide bonds.